The van der Waals surface area contributed by atoms with Crippen molar-refractivity contribution in [2.45, 2.75) is 100.0 Å². The molecule has 0 radical (unpaired) electrons. The van der Waals surface area contributed by atoms with Crippen LogP contribution in [0.15, 0.2) is 71.8 Å². The number of aryl methyl sites for hydroxylation is 2. The summed E-state index contributed by atoms with van der Waals surface area (Å²) < 4.78 is 0. The van der Waals surface area contributed by atoms with E-state index in [4.69, 9.17) is 0 Å². The Balaban J connectivity index is 0.000000369. The Morgan fingerprint density at radius 3 is 1.64 bits per heavy atom. The van der Waals surface area contributed by atoms with E-state index in [1.165, 1.54) is 27.8 Å². The van der Waals surface area contributed by atoms with Crippen molar-refractivity contribution in [3.8, 4) is 0 Å². The molecule has 0 aliphatic heterocycles. The molecular formula is C34H51NO. The summed E-state index contributed by atoms with van der Waals surface area (Å²) in [5.41, 5.74) is 7.73. The zero-order valence-corrected chi connectivity index (χ0v) is 24.6. The molecule has 1 N–H and O–H groups in total. The van der Waals surface area contributed by atoms with Gasteiger partial charge in [0.25, 0.3) is 0 Å². The maximum Gasteiger partial charge on any atom is 0.156 e. The SMILES string of the molecule is CC(C)=CC(=O)C[C@H](C)c1ccc(C)cc1.CC(C)=CC(C[C@H](C)c1ccc(C)cc1)NCC(C)C. The highest BCUT2D eigenvalue weighted by Gasteiger charge is 2.13. The number of rotatable bonds is 11. The van der Waals surface area contributed by atoms with E-state index in [9.17, 15) is 4.79 Å². The summed E-state index contributed by atoms with van der Waals surface area (Å²) in [6.07, 6.45) is 5.84. The number of hydrogen-bond donors (Lipinski definition) is 1. The highest BCUT2D eigenvalue weighted by Crippen LogP contribution is 2.22. The summed E-state index contributed by atoms with van der Waals surface area (Å²) in [6, 6.07) is 17.8. The summed E-state index contributed by atoms with van der Waals surface area (Å²) >= 11 is 0. The Hall–Kier alpha value is -2.45. The second-order valence-corrected chi connectivity index (χ2v) is 11.4. The van der Waals surface area contributed by atoms with Crippen LogP contribution in [0.1, 0.15) is 102 Å². The van der Waals surface area contributed by atoms with Gasteiger partial charge in [-0.25, -0.2) is 0 Å². The number of hydrogen-bond acceptors (Lipinski definition) is 2. The molecule has 0 aliphatic rings. The van der Waals surface area contributed by atoms with Crippen LogP contribution in [-0.2, 0) is 4.79 Å². The van der Waals surface area contributed by atoms with Crippen molar-refractivity contribution in [1.82, 2.24) is 5.32 Å². The van der Waals surface area contributed by atoms with Gasteiger partial charge in [0, 0.05) is 12.5 Å². The Morgan fingerprint density at radius 1 is 0.750 bits per heavy atom. The zero-order valence-electron chi connectivity index (χ0n) is 24.6. The second kappa shape index (κ2) is 16.3. The van der Waals surface area contributed by atoms with Crippen molar-refractivity contribution in [2.24, 2.45) is 5.92 Å². The van der Waals surface area contributed by atoms with Crippen LogP contribution < -0.4 is 5.32 Å². The van der Waals surface area contributed by atoms with Gasteiger partial charge in [0.05, 0.1) is 0 Å². The molecule has 0 amide bonds. The third kappa shape index (κ3) is 13.6. The van der Waals surface area contributed by atoms with Crippen LogP contribution in [0.3, 0.4) is 0 Å². The van der Waals surface area contributed by atoms with E-state index in [1.54, 1.807) is 6.08 Å². The molecule has 198 valence electrons. The molecule has 1 unspecified atom stereocenters. The van der Waals surface area contributed by atoms with Crippen molar-refractivity contribution in [2.75, 3.05) is 6.54 Å². The Morgan fingerprint density at radius 2 is 1.22 bits per heavy atom. The summed E-state index contributed by atoms with van der Waals surface area (Å²) in [4.78, 5) is 11.6. The van der Waals surface area contributed by atoms with E-state index < -0.39 is 0 Å². The molecule has 2 nitrogen and oxygen atoms in total. The van der Waals surface area contributed by atoms with Crippen LogP contribution in [0.4, 0.5) is 0 Å². The summed E-state index contributed by atoms with van der Waals surface area (Å²) in [5.74, 6) is 1.78. The fraction of sp³-hybridized carbons (Fsp3) is 0.500. The van der Waals surface area contributed by atoms with Crippen molar-refractivity contribution < 1.29 is 4.79 Å². The van der Waals surface area contributed by atoms with Crippen LogP contribution in [-0.4, -0.2) is 18.4 Å². The molecule has 0 aromatic heterocycles. The molecule has 0 heterocycles. The number of carbonyl (C=O) groups excluding carboxylic acids is 1. The largest absolute Gasteiger partial charge is 0.310 e. The maximum atomic E-state index is 11.6. The predicted molar refractivity (Wildman–Crippen MR) is 159 cm³/mol. The normalized spacial score (nSPS) is 13.2. The van der Waals surface area contributed by atoms with E-state index in [-0.39, 0.29) is 5.78 Å². The predicted octanol–water partition coefficient (Wildman–Crippen LogP) is 9.09. The van der Waals surface area contributed by atoms with E-state index in [2.05, 4.69) is 115 Å². The summed E-state index contributed by atoms with van der Waals surface area (Å²) in [6.45, 7) is 22.5. The molecule has 36 heavy (non-hydrogen) atoms. The standard InChI is InChI=1S/C19H31N.C15H20O/c1-14(2)11-19(20-13-15(3)4)12-17(6)18-9-7-16(5)8-10-18;1-11(2)9-15(16)10-13(4)14-7-5-12(3)6-8-14/h7-11,15,17,19-20H,12-13H2,1-6H3;5-9,13H,10H2,1-4H3/t17-,19?;13-/m00/s1. The third-order valence-corrected chi connectivity index (χ3v) is 6.18. The molecule has 2 rings (SSSR count). The summed E-state index contributed by atoms with van der Waals surface area (Å²) in [7, 11) is 0. The molecule has 3 atom stereocenters. The van der Waals surface area contributed by atoms with E-state index in [0.717, 1.165) is 18.5 Å². The lowest BCUT2D eigenvalue weighted by molar-refractivity contribution is -0.114. The molecule has 0 saturated carbocycles. The van der Waals surface area contributed by atoms with Gasteiger partial charge in [0.2, 0.25) is 0 Å². The van der Waals surface area contributed by atoms with Crippen molar-refractivity contribution >= 4 is 5.78 Å². The smallest absolute Gasteiger partial charge is 0.156 e. The van der Waals surface area contributed by atoms with Crippen LogP contribution >= 0.6 is 0 Å². The fourth-order valence-corrected chi connectivity index (χ4v) is 4.11. The van der Waals surface area contributed by atoms with Crippen molar-refractivity contribution in [3.05, 3.63) is 94.1 Å². The van der Waals surface area contributed by atoms with E-state index in [0.29, 0.717) is 30.2 Å². The van der Waals surface area contributed by atoms with Crippen LogP contribution in [0.2, 0.25) is 0 Å². The molecule has 0 aliphatic carbocycles. The summed E-state index contributed by atoms with van der Waals surface area (Å²) in [5, 5.41) is 3.69. The first-order chi connectivity index (χ1) is 16.9. The minimum Gasteiger partial charge on any atom is -0.310 e. The van der Waals surface area contributed by atoms with Crippen LogP contribution in [0.5, 0.6) is 0 Å². The Labute approximate surface area is 222 Å². The van der Waals surface area contributed by atoms with Gasteiger partial charge in [-0.15, -0.1) is 0 Å². The number of nitrogens with one attached hydrogen (secondary N) is 1. The van der Waals surface area contributed by atoms with E-state index in [1.807, 2.05) is 13.8 Å². The topological polar surface area (TPSA) is 29.1 Å². The molecule has 0 spiro atoms. The minimum atomic E-state index is 0.216. The zero-order chi connectivity index (χ0) is 27.3. The first kappa shape index (κ1) is 31.6. The lowest BCUT2D eigenvalue weighted by Gasteiger charge is -2.22. The first-order valence-electron chi connectivity index (χ1n) is 13.6. The molecule has 2 aromatic carbocycles. The monoisotopic (exact) mass is 489 g/mol. The molecular weight excluding hydrogens is 438 g/mol. The molecule has 2 heteroatoms. The maximum absolute atomic E-state index is 11.6. The second-order valence-electron chi connectivity index (χ2n) is 11.4. The number of allylic oxidation sites excluding steroid dienone is 3. The highest BCUT2D eigenvalue weighted by molar-refractivity contribution is 5.90. The van der Waals surface area contributed by atoms with Gasteiger partial charge in [0.1, 0.15) is 0 Å². The van der Waals surface area contributed by atoms with Gasteiger partial charge < -0.3 is 5.32 Å². The third-order valence-electron chi connectivity index (χ3n) is 6.18. The Bertz CT molecular complexity index is 955. The highest BCUT2D eigenvalue weighted by atomic mass is 16.1. The van der Waals surface area contributed by atoms with Gasteiger partial charge >= 0.3 is 0 Å². The number of benzene rings is 2. The lowest BCUT2D eigenvalue weighted by Crippen LogP contribution is -2.32. The average molecular weight is 490 g/mol. The lowest BCUT2D eigenvalue weighted by atomic mass is 9.92. The quantitative estimate of drug-likeness (QED) is 0.252. The number of ketones is 1. The first-order valence-corrected chi connectivity index (χ1v) is 13.6. The van der Waals surface area contributed by atoms with Gasteiger partial charge in [0.15, 0.2) is 5.78 Å². The minimum absolute atomic E-state index is 0.216. The Kier molecular flexibility index (Phi) is 14.3. The van der Waals surface area contributed by atoms with Crippen LogP contribution in [0.25, 0.3) is 0 Å². The van der Waals surface area contributed by atoms with Crippen LogP contribution in [0, 0.1) is 19.8 Å². The number of carbonyl (C=O) groups is 1. The van der Waals surface area contributed by atoms with Gasteiger partial charge in [-0.1, -0.05) is 105 Å². The van der Waals surface area contributed by atoms with Crippen molar-refractivity contribution in [3.63, 3.8) is 0 Å². The van der Waals surface area contributed by atoms with Gasteiger partial charge in [-0.05, 0) is 89.5 Å². The van der Waals surface area contributed by atoms with Gasteiger partial charge in [-0.3, -0.25) is 4.79 Å². The average Bonchev–Trinajstić information content (AvgIpc) is 2.77. The van der Waals surface area contributed by atoms with Gasteiger partial charge in [-0.2, -0.15) is 0 Å². The molecule has 0 bridgehead atoms. The fourth-order valence-electron chi connectivity index (χ4n) is 4.11. The molecule has 2 aromatic rings. The van der Waals surface area contributed by atoms with E-state index >= 15 is 0 Å². The van der Waals surface area contributed by atoms with Crippen molar-refractivity contribution in [1.29, 1.82) is 0 Å². The molecule has 0 saturated heterocycles. The molecule has 0 fully saturated rings.